The van der Waals surface area contributed by atoms with E-state index in [1.165, 1.54) is 0 Å². The SMILES string of the molecule is CCC(NC(C)(C)C(N)=O)c1ccc(Cl)c(Cl)c1. The first kappa shape index (κ1) is 15.3. The smallest absolute Gasteiger partial charge is 0.237 e. The molecular formula is C13H18Cl2N2O. The van der Waals surface area contributed by atoms with Crippen molar-refractivity contribution >= 4 is 29.1 Å². The van der Waals surface area contributed by atoms with Crippen LogP contribution in [0.4, 0.5) is 0 Å². The molecule has 0 aliphatic rings. The number of benzene rings is 1. The predicted molar refractivity (Wildman–Crippen MR) is 75.9 cm³/mol. The van der Waals surface area contributed by atoms with Gasteiger partial charge in [-0.15, -0.1) is 0 Å². The first-order valence-corrected chi connectivity index (χ1v) is 6.56. The number of amides is 1. The van der Waals surface area contributed by atoms with Crippen molar-refractivity contribution < 1.29 is 4.79 Å². The minimum absolute atomic E-state index is 0.00210. The number of nitrogens with one attached hydrogen (secondary N) is 1. The first-order valence-electron chi connectivity index (χ1n) is 5.80. The number of hydrogen-bond acceptors (Lipinski definition) is 2. The highest BCUT2D eigenvalue weighted by atomic mass is 35.5. The maximum Gasteiger partial charge on any atom is 0.237 e. The number of carbonyl (C=O) groups is 1. The Kier molecular flexibility index (Phi) is 5.02. The molecular weight excluding hydrogens is 271 g/mol. The monoisotopic (exact) mass is 288 g/mol. The van der Waals surface area contributed by atoms with Crippen LogP contribution in [0.25, 0.3) is 0 Å². The van der Waals surface area contributed by atoms with Gasteiger partial charge in [-0.05, 0) is 38.0 Å². The highest BCUT2D eigenvalue weighted by molar-refractivity contribution is 6.42. The molecule has 3 nitrogen and oxygen atoms in total. The van der Waals surface area contributed by atoms with Crippen LogP contribution in [0.5, 0.6) is 0 Å². The standard InChI is InChI=1S/C13H18Cl2N2O/c1-4-11(17-13(2,3)12(16)18)8-5-6-9(14)10(15)7-8/h5-7,11,17H,4H2,1-3H3,(H2,16,18). The third kappa shape index (κ3) is 3.61. The van der Waals surface area contributed by atoms with Crippen LogP contribution in [-0.2, 0) is 4.79 Å². The van der Waals surface area contributed by atoms with Crippen LogP contribution >= 0.6 is 23.2 Å². The van der Waals surface area contributed by atoms with Gasteiger partial charge in [-0.2, -0.15) is 0 Å². The van der Waals surface area contributed by atoms with Crippen molar-refractivity contribution in [1.82, 2.24) is 5.32 Å². The predicted octanol–water partition coefficient (Wildman–Crippen LogP) is 3.30. The average Bonchev–Trinajstić information content (AvgIpc) is 2.29. The van der Waals surface area contributed by atoms with Gasteiger partial charge in [-0.25, -0.2) is 0 Å². The van der Waals surface area contributed by atoms with Crippen molar-refractivity contribution in [1.29, 1.82) is 0 Å². The van der Waals surface area contributed by atoms with E-state index in [4.69, 9.17) is 28.9 Å². The molecule has 0 heterocycles. The van der Waals surface area contributed by atoms with Crippen molar-refractivity contribution in [3.8, 4) is 0 Å². The summed E-state index contributed by atoms with van der Waals surface area (Å²) in [7, 11) is 0. The zero-order valence-corrected chi connectivity index (χ0v) is 12.3. The summed E-state index contributed by atoms with van der Waals surface area (Å²) in [4.78, 5) is 11.3. The van der Waals surface area contributed by atoms with E-state index in [2.05, 4.69) is 5.32 Å². The molecule has 0 saturated heterocycles. The zero-order chi connectivity index (χ0) is 13.9. The van der Waals surface area contributed by atoms with Crippen LogP contribution in [-0.4, -0.2) is 11.4 Å². The second-order valence-corrected chi connectivity index (χ2v) is 5.58. The lowest BCUT2D eigenvalue weighted by Crippen LogP contribution is -2.51. The van der Waals surface area contributed by atoms with E-state index in [0.29, 0.717) is 10.0 Å². The van der Waals surface area contributed by atoms with Gasteiger partial charge in [0.15, 0.2) is 0 Å². The summed E-state index contributed by atoms with van der Waals surface area (Å²) in [5.41, 5.74) is 5.57. The van der Waals surface area contributed by atoms with E-state index in [-0.39, 0.29) is 11.9 Å². The molecule has 0 aromatic heterocycles. The molecule has 18 heavy (non-hydrogen) atoms. The quantitative estimate of drug-likeness (QED) is 0.873. The third-order valence-electron chi connectivity index (χ3n) is 2.91. The molecule has 0 aliphatic heterocycles. The van der Waals surface area contributed by atoms with Crippen LogP contribution in [0.15, 0.2) is 18.2 Å². The van der Waals surface area contributed by atoms with Gasteiger partial charge in [-0.3, -0.25) is 10.1 Å². The first-order chi connectivity index (χ1) is 8.27. The number of rotatable bonds is 5. The minimum atomic E-state index is -0.771. The topological polar surface area (TPSA) is 55.1 Å². The molecule has 1 aromatic rings. The van der Waals surface area contributed by atoms with Gasteiger partial charge >= 0.3 is 0 Å². The number of hydrogen-bond donors (Lipinski definition) is 2. The summed E-state index contributed by atoms with van der Waals surface area (Å²) in [6, 6.07) is 5.46. The Morgan fingerprint density at radius 2 is 2.00 bits per heavy atom. The van der Waals surface area contributed by atoms with Crippen LogP contribution < -0.4 is 11.1 Å². The Morgan fingerprint density at radius 3 is 2.44 bits per heavy atom. The lowest BCUT2D eigenvalue weighted by molar-refractivity contribution is -0.123. The molecule has 0 aliphatic carbocycles. The molecule has 0 radical (unpaired) electrons. The van der Waals surface area contributed by atoms with Crippen LogP contribution in [0.3, 0.4) is 0 Å². The lowest BCUT2D eigenvalue weighted by Gasteiger charge is -2.29. The normalized spacial score (nSPS) is 13.4. The molecule has 100 valence electrons. The maximum absolute atomic E-state index is 11.3. The van der Waals surface area contributed by atoms with Gasteiger partial charge in [0.25, 0.3) is 0 Å². The Bertz CT molecular complexity index is 447. The van der Waals surface area contributed by atoms with E-state index in [9.17, 15) is 4.79 Å². The zero-order valence-electron chi connectivity index (χ0n) is 10.8. The number of halogens is 2. The second-order valence-electron chi connectivity index (χ2n) is 4.77. The van der Waals surface area contributed by atoms with Crippen LogP contribution in [0.1, 0.15) is 38.8 Å². The van der Waals surface area contributed by atoms with Gasteiger partial charge < -0.3 is 5.73 Å². The van der Waals surface area contributed by atoms with E-state index in [1.54, 1.807) is 19.9 Å². The van der Waals surface area contributed by atoms with Crippen molar-refractivity contribution in [2.24, 2.45) is 5.73 Å². The summed E-state index contributed by atoms with van der Waals surface area (Å²) >= 11 is 11.9. The molecule has 0 saturated carbocycles. The Balaban J connectivity index is 2.96. The van der Waals surface area contributed by atoms with E-state index in [1.807, 2.05) is 19.1 Å². The second kappa shape index (κ2) is 5.91. The van der Waals surface area contributed by atoms with Crippen molar-refractivity contribution in [2.75, 3.05) is 0 Å². The maximum atomic E-state index is 11.3. The molecule has 1 rings (SSSR count). The van der Waals surface area contributed by atoms with Crippen molar-refractivity contribution in [2.45, 2.75) is 38.8 Å². The molecule has 0 spiro atoms. The van der Waals surface area contributed by atoms with Gasteiger partial charge in [0.2, 0.25) is 5.91 Å². The molecule has 0 bridgehead atoms. The fourth-order valence-electron chi connectivity index (χ4n) is 1.66. The van der Waals surface area contributed by atoms with Crippen LogP contribution in [0, 0.1) is 0 Å². The van der Waals surface area contributed by atoms with Gasteiger partial charge in [-0.1, -0.05) is 36.2 Å². The fraction of sp³-hybridized carbons (Fsp3) is 0.462. The van der Waals surface area contributed by atoms with Gasteiger partial charge in [0.1, 0.15) is 0 Å². The fourth-order valence-corrected chi connectivity index (χ4v) is 1.96. The van der Waals surface area contributed by atoms with E-state index < -0.39 is 5.54 Å². The Hall–Kier alpha value is -0.770. The molecule has 5 heteroatoms. The minimum Gasteiger partial charge on any atom is -0.368 e. The molecule has 1 unspecified atom stereocenters. The average molecular weight is 289 g/mol. The van der Waals surface area contributed by atoms with Crippen molar-refractivity contribution in [3.63, 3.8) is 0 Å². The Morgan fingerprint density at radius 1 is 1.39 bits per heavy atom. The Labute approximate surface area is 118 Å². The number of carbonyl (C=O) groups excluding carboxylic acids is 1. The lowest BCUT2D eigenvalue weighted by atomic mass is 9.98. The van der Waals surface area contributed by atoms with Crippen molar-refractivity contribution in [3.05, 3.63) is 33.8 Å². The van der Waals surface area contributed by atoms with Gasteiger partial charge in [0.05, 0.1) is 15.6 Å². The summed E-state index contributed by atoms with van der Waals surface area (Å²) in [6.07, 6.45) is 0.814. The summed E-state index contributed by atoms with van der Waals surface area (Å²) in [5, 5.41) is 4.25. The third-order valence-corrected chi connectivity index (χ3v) is 3.64. The largest absolute Gasteiger partial charge is 0.368 e. The van der Waals surface area contributed by atoms with Crippen LogP contribution in [0.2, 0.25) is 10.0 Å². The molecule has 3 N–H and O–H groups in total. The number of primary amides is 1. The highest BCUT2D eigenvalue weighted by Crippen LogP contribution is 2.27. The molecule has 1 aromatic carbocycles. The summed E-state index contributed by atoms with van der Waals surface area (Å²) < 4.78 is 0. The van der Waals surface area contributed by atoms with E-state index >= 15 is 0 Å². The molecule has 1 atom stereocenters. The molecule has 1 amide bonds. The summed E-state index contributed by atoms with van der Waals surface area (Å²) in [6.45, 7) is 5.54. The summed E-state index contributed by atoms with van der Waals surface area (Å²) in [5.74, 6) is -0.388. The molecule has 0 fully saturated rings. The number of nitrogens with two attached hydrogens (primary N) is 1. The van der Waals surface area contributed by atoms with Gasteiger partial charge in [0, 0.05) is 6.04 Å². The van der Waals surface area contributed by atoms with E-state index in [0.717, 1.165) is 12.0 Å². The highest BCUT2D eigenvalue weighted by Gasteiger charge is 2.27.